The lowest BCUT2D eigenvalue weighted by molar-refractivity contribution is -0.121. The highest BCUT2D eigenvalue weighted by Gasteiger charge is 2.40. The summed E-state index contributed by atoms with van der Waals surface area (Å²) in [5, 5.41) is -0.518. The quantitative estimate of drug-likeness (QED) is 0.540. The summed E-state index contributed by atoms with van der Waals surface area (Å²) >= 11 is 1.30. The van der Waals surface area contributed by atoms with E-state index in [1.54, 1.807) is 48.5 Å². The van der Waals surface area contributed by atoms with Gasteiger partial charge < -0.3 is 0 Å². The lowest BCUT2D eigenvalue weighted by Crippen LogP contribution is -2.31. The molecule has 1 fully saturated rings. The van der Waals surface area contributed by atoms with E-state index in [1.807, 2.05) is 26.0 Å². The number of carbonyl (C=O) groups excluding carboxylic acids is 2. The topological polar surface area (TPSA) is 83.6 Å². The highest BCUT2D eigenvalue weighted by molar-refractivity contribution is 8.00. The van der Waals surface area contributed by atoms with Crippen LogP contribution in [0.3, 0.4) is 0 Å². The number of thioether (sulfide) groups is 1. The summed E-state index contributed by atoms with van der Waals surface area (Å²) < 4.78 is 27.5. The fourth-order valence-corrected chi connectivity index (χ4v) is 5.55. The van der Waals surface area contributed by atoms with Crippen molar-refractivity contribution in [1.29, 1.82) is 0 Å². The number of nitrogens with one attached hydrogen (secondary N) is 1. The summed E-state index contributed by atoms with van der Waals surface area (Å²) in [6, 6.07) is 20.4. The fraction of sp³-hybridized carbons (Fsp3) is 0.167. The maximum atomic E-state index is 12.9. The van der Waals surface area contributed by atoms with Gasteiger partial charge in [-0.3, -0.25) is 14.3 Å². The number of sulfonamides is 1. The Bertz CT molecular complexity index is 1270. The van der Waals surface area contributed by atoms with E-state index in [4.69, 9.17) is 0 Å². The second-order valence-electron chi connectivity index (χ2n) is 7.59. The molecule has 2 amide bonds. The van der Waals surface area contributed by atoms with Crippen LogP contribution in [-0.2, 0) is 19.6 Å². The normalized spacial score (nSPS) is 16.4. The summed E-state index contributed by atoms with van der Waals surface area (Å²) in [5.41, 5.74) is 3.13. The van der Waals surface area contributed by atoms with Gasteiger partial charge in [0.1, 0.15) is 0 Å². The zero-order valence-electron chi connectivity index (χ0n) is 17.6. The average Bonchev–Trinajstić information content (AvgIpc) is 3.05. The Morgan fingerprint density at radius 2 is 1.59 bits per heavy atom. The summed E-state index contributed by atoms with van der Waals surface area (Å²) in [7, 11) is -3.67. The van der Waals surface area contributed by atoms with Crippen LogP contribution in [0.5, 0.6) is 0 Å². The minimum atomic E-state index is -3.67. The number of carbonyl (C=O) groups is 2. The van der Waals surface area contributed by atoms with Gasteiger partial charge in [-0.2, -0.15) is 0 Å². The highest BCUT2D eigenvalue weighted by Crippen LogP contribution is 2.35. The number of anilines is 2. The lowest BCUT2D eigenvalue weighted by Gasteiger charge is -2.16. The molecule has 3 aromatic carbocycles. The molecule has 1 aliphatic rings. The van der Waals surface area contributed by atoms with Crippen molar-refractivity contribution in [1.82, 2.24) is 0 Å². The van der Waals surface area contributed by atoms with Gasteiger partial charge in [-0.15, -0.1) is 11.8 Å². The van der Waals surface area contributed by atoms with E-state index < -0.39 is 15.3 Å². The van der Waals surface area contributed by atoms with Gasteiger partial charge in [-0.05, 0) is 73.5 Å². The van der Waals surface area contributed by atoms with Gasteiger partial charge in [0, 0.05) is 17.0 Å². The SMILES string of the molecule is Cc1ccc(N2C(=O)CC(Sc3ccc(NS(=O)(=O)c4ccccc4)cc3)C2=O)cc1C. The Hall–Kier alpha value is -3.10. The number of rotatable bonds is 6. The molecule has 8 heteroatoms. The first-order valence-corrected chi connectivity index (χ1v) is 12.4. The van der Waals surface area contributed by atoms with Crippen LogP contribution in [0.2, 0.25) is 0 Å². The van der Waals surface area contributed by atoms with Crippen molar-refractivity contribution in [3.8, 4) is 0 Å². The average molecular weight is 467 g/mol. The van der Waals surface area contributed by atoms with Gasteiger partial charge in [-0.25, -0.2) is 13.3 Å². The first-order chi connectivity index (χ1) is 15.2. The number of hydrogen-bond donors (Lipinski definition) is 1. The maximum Gasteiger partial charge on any atom is 0.261 e. The van der Waals surface area contributed by atoms with E-state index in [2.05, 4.69) is 4.72 Å². The monoisotopic (exact) mass is 466 g/mol. The molecule has 0 spiro atoms. The Morgan fingerprint density at radius 1 is 0.906 bits per heavy atom. The Morgan fingerprint density at radius 3 is 2.25 bits per heavy atom. The number of imide groups is 1. The first kappa shape index (κ1) is 22.1. The number of benzene rings is 3. The smallest absolute Gasteiger partial charge is 0.261 e. The zero-order valence-corrected chi connectivity index (χ0v) is 19.2. The predicted octanol–water partition coefficient (Wildman–Crippen LogP) is 4.53. The minimum absolute atomic E-state index is 0.124. The zero-order chi connectivity index (χ0) is 22.9. The Kier molecular flexibility index (Phi) is 6.08. The van der Waals surface area contributed by atoms with Crippen molar-refractivity contribution in [2.75, 3.05) is 9.62 Å². The molecule has 0 aromatic heterocycles. The molecule has 0 saturated carbocycles. The van der Waals surface area contributed by atoms with Crippen molar-refractivity contribution in [2.45, 2.75) is 35.3 Å². The number of nitrogens with zero attached hydrogens (tertiary/aromatic N) is 1. The number of amides is 2. The second-order valence-corrected chi connectivity index (χ2v) is 10.5. The molecular formula is C24H22N2O4S2. The highest BCUT2D eigenvalue weighted by atomic mass is 32.2. The van der Waals surface area contributed by atoms with Gasteiger partial charge in [0.2, 0.25) is 11.8 Å². The van der Waals surface area contributed by atoms with E-state index in [0.29, 0.717) is 11.4 Å². The fourth-order valence-electron chi connectivity index (χ4n) is 3.41. The molecule has 164 valence electrons. The van der Waals surface area contributed by atoms with Crippen molar-refractivity contribution >= 4 is 45.0 Å². The molecule has 1 saturated heterocycles. The third kappa shape index (κ3) is 4.56. The summed E-state index contributed by atoms with van der Waals surface area (Å²) in [6.45, 7) is 3.93. The molecule has 6 nitrogen and oxygen atoms in total. The van der Waals surface area contributed by atoms with E-state index in [9.17, 15) is 18.0 Å². The third-order valence-corrected chi connectivity index (χ3v) is 7.89. The van der Waals surface area contributed by atoms with Crippen LogP contribution in [0.1, 0.15) is 17.5 Å². The third-order valence-electron chi connectivity index (χ3n) is 5.29. The summed E-state index contributed by atoms with van der Waals surface area (Å²) in [5.74, 6) is -0.458. The molecule has 0 bridgehead atoms. The Labute approximate surface area is 191 Å². The van der Waals surface area contributed by atoms with Crippen molar-refractivity contribution in [3.05, 3.63) is 83.9 Å². The van der Waals surface area contributed by atoms with Gasteiger partial charge in [0.25, 0.3) is 10.0 Å². The molecule has 1 N–H and O–H groups in total. The summed E-state index contributed by atoms with van der Waals surface area (Å²) in [6.07, 6.45) is 0.124. The van der Waals surface area contributed by atoms with Gasteiger partial charge in [0.05, 0.1) is 15.8 Å². The Balaban J connectivity index is 1.45. The molecular weight excluding hydrogens is 444 g/mol. The van der Waals surface area contributed by atoms with Crippen molar-refractivity contribution in [3.63, 3.8) is 0 Å². The minimum Gasteiger partial charge on any atom is -0.280 e. The number of aryl methyl sites for hydroxylation is 2. The van der Waals surface area contributed by atoms with Crippen molar-refractivity contribution < 1.29 is 18.0 Å². The van der Waals surface area contributed by atoms with Gasteiger partial charge >= 0.3 is 0 Å². The van der Waals surface area contributed by atoms with E-state index in [0.717, 1.165) is 16.0 Å². The number of hydrogen-bond acceptors (Lipinski definition) is 5. The van der Waals surface area contributed by atoms with Crippen molar-refractivity contribution in [2.24, 2.45) is 0 Å². The second kappa shape index (κ2) is 8.80. The van der Waals surface area contributed by atoms with Crippen LogP contribution in [0.25, 0.3) is 0 Å². The molecule has 1 atom stereocenters. The van der Waals surface area contributed by atoms with Crippen LogP contribution >= 0.6 is 11.8 Å². The molecule has 0 radical (unpaired) electrons. The standard InChI is InChI=1S/C24H22N2O4S2/c1-16-8-11-19(14-17(16)2)26-23(27)15-22(24(26)28)31-20-12-9-18(10-13-20)25-32(29,30)21-6-4-3-5-7-21/h3-14,22,25H,15H2,1-2H3. The largest absolute Gasteiger partial charge is 0.280 e. The molecule has 32 heavy (non-hydrogen) atoms. The van der Waals surface area contributed by atoms with E-state index >= 15 is 0 Å². The summed E-state index contributed by atoms with van der Waals surface area (Å²) in [4.78, 5) is 27.7. The van der Waals surface area contributed by atoms with Crippen LogP contribution in [0, 0.1) is 13.8 Å². The molecule has 4 rings (SSSR count). The van der Waals surface area contributed by atoms with Crippen LogP contribution < -0.4 is 9.62 Å². The lowest BCUT2D eigenvalue weighted by atomic mass is 10.1. The molecule has 1 heterocycles. The van der Waals surface area contributed by atoms with Crippen LogP contribution in [0.15, 0.2) is 82.6 Å². The molecule has 3 aromatic rings. The molecule has 1 aliphatic heterocycles. The van der Waals surface area contributed by atoms with Gasteiger partial charge in [-0.1, -0.05) is 24.3 Å². The van der Waals surface area contributed by atoms with E-state index in [1.165, 1.54) is 28.8 Å². The van der Waals surface area contributed by atoms with Crippen LogP contribution in [0.4, 0.5) is 11.4 Å². The first-order valence-electron chi connectivity index (χ1n) is 10.0. The maximum absolute atomic E-state index is 12.9. The molecule has 1 unspecified atom stereocenters. The van der Waals surface area contributed by atoms with E-state index in [-0.39, 0.29) is 23.1 Å². The predicted molar refractivity (Wildman–Crippen MR) is 126 cm³/mol. The van der Waals surface area contributed by atoms with Gasteiger partial charge in [0.15, 0.2) is 0 Å². The molecule has 0 aliphatic carbocycles. The van der Waals surface area contributed by atoms with Crippen LogP contribution in [-0.4, -0.2) is 25.5 Å².